The standard InChI is InChI=1S/C18H17ClN2O2S/c1-2-3-9-23-14-6-4-5-12(10-14)17(22)21-18-20-15-8-7-13(19)11-16(15)24-18/h4-8,10-11H,2-3,9H2,1H3,(H,20,21,22). The summed E-state index contributed by atoms with van der Waals surface area (Å²) >= 11 is 7.37. The van der Waals surface area contributed by atoms with Crippen LogP contribution in [0, 0.1) is 0 Å². The molecule has 0 unspecified atom stereocenters. The van der Waals surface area contributed by atoms with Crippen LogP contribution >= 0.6 is 22.9 Å². The Bertz CT molecular complexity index is 863. The third-order valence-electron chi connectivity index (χ3n) is 3.43. The Balaban J connectivity index is 1.72. The molecule has 1 heterocycles. The largest absolute Gasteiger partial charge is 0.494 e. The minimum atomic E-state index is -0.207. The van der Waals surface area contributed by atoms with Crippen molar-refractivity contribution in [3.8, 4) is 5.75 Å². The number of nitrogens with one attached hydrogen (secondary N) is 1. The van der Waals surface area contributed by atoms with E-state index in [1.807, 2.05) is 24.3 Å². The first-order valence-electron chi connectivity index (χ1n) is 7.76. The van der Waals surface area contributed by atoms with Crippen LogP contribution in [0.15, 0.2) is 42.5 Å². The van der Waals surface area contributed by atoms with E-state index in [-0.39, 0.29) is 5.91 Å². The van der Waals surface area contributed by atoms with Crippen LogP contribution in [0.3, 0.4) is 0 Å². The van der Waals surface area contributed by atoms with Crippen LogP contribution in [0.1, 0.15) is 30.1 Å². The van der Waals surface area contributed by atoms with E-state index < -0.39 is 0 Å². The van der Waals surface area contributed by atoms with Gasteiger partial charge >= 0.3 is 0 Å². The SMILES string of the molecule is CCCCOc1cccc(C(=O)Nc2nc3ccc(Cl)cc3s2)c1. The summed E-state index contributed by atoms with van der Waals surface area (Å²) in [7, 11) is 0. The fourth-order valence-electron chi connectivity index (χ4n) is 2.18. The van der Waals surface area contributed by atoms with Crippen LogP contribution in [0.25, 0.3) is 10.2 Å². The highest BCUT2D eigenvalue weighted by atomic mass is 35.5. The topological polar surface area (TPSA) is 51.2 Å². The molecule has 6 heteroatoms. The zero-order chi connectivity index (χ0) is 16.9. The van der Waals surface area contributed by atoms with E-state index in [0.717, 1.165) is 23.1 Å². The molecule has 24 heavy (non-hydrogen) atoms. The number of nitrogens with zero attached hydrogens (tertiary/aromatic N) is 1. The quantitative estimate of drug-likeness (QED) is 0.600. The second-order valence-electron chi connectivity index (χ2n) is 5.32. The molecule has 1 N–H and O–H groups in total. The van der Waals surface area contributed by atoms with Crippen LogP contribution in [0.4, 0.5) is 5.13 Å². The Morgan fingerprint density at radius 2 is 2.17 bits per heavy atom. The summed E-state index contributed by atoms with van der Waals surface area (Å²) in [6.45, 7) is 2.76. The van der Waals surface area contributed by atoms with E-state index in [9.17, 15) is 4.79 Å². The van der Waals surface area contributed by atoms with Crippen LogP contribution < -0.4 is 10.1 Å². The molecule has 0 spiro atoms. The van der Waals surface area contributed by atoms with Gasteiger partial charge in [0.1, 0.15) is 5.75 Å². The number of fused-ring (bicyclic) bond motifs is 1. The lowest BCUT2D eigenvalue weighted by Gasteiger charge is -2.07. The number of aromatic nitrogens is 1. The molecule has 0 atom stereocenters. The fraction of sp³-hybridized carbons (Fsp3) is 0.222. The summed E-state index contributed by atoms with van der Waals surface area (Å²) in [5.74, 6) is 0.494. The molecule has 3 aromatic rings. The van der Waals surface area contributed by atoms with Gasteiger partial charge in [-0.2, -0.15) is 0 Å². The second kappa shape index (κ2) is 7.64. The van der Waals surface area contributed by atoms with Crippen molar-refractivity contribution in [1.29, 1.82) is 0 Å². The Kier molecular flexibility index (Phi) is 5.33. The molecule has 0 aliphatic heterocycles. The van der Waals surface area contributed by atoms with E-state index >= 15 is 0 Å². The van der Waals surface area contributed by atoms with Gasteiger partial charge in [-0.1, -0.05) is 42.3 Å². The first-order chi connectivity index (χ1) is 11.7. The summed E-state index contributed by atoms with van der Waals surface area (Å²) in [6.07, 6.45) is 2.06. The molecule has 4 nitrogen and oxygen atoms in total. The molecule has 1 aromatic heterocycles. The van der Waals surface area contributed by atoms with Gasteiger partial charge in [0.15, 0.2) is 5.13 Å². The monoisotopic (exact) mass is 360 g/mol. The van der Waals surface area contributed by atoms with Gasteiger partial charge in [-0.3, -0.25) is 10.1 Å². The number of halogens is 1. The van der Waals surface area contributed by atoms with Gasteiger partial charge in [-0.15, -0.1) is 0 Å². The Morgan fingerprint density at radius 3 is 3.00 bits per heavy atom. The fourth-order valence-corrected chi connectivity index (χ4v) is 3.32. The maximum atomic E-state index is 12.4. The highest BCUT2D eigenvalue weighted by Gasteiger charge is 2.11. The predicted octanol–water partition coefficient (Wildman–Crippen LogP) is 5.38. The lowest BCUT2D eigenvalue weighted by atomic mass is 10.2. The molecule has 0 aliphatic rings. The molecule has 0 bridgehead atoms. The average Bonchev–Trinajstić information content (AvgIpc) is 2.96. The molecule has 124 valence electrons. The Labute approximate surface area is 149 Å². The predicted molar refractivity (Wildman–Crippen MR) is 99.4 cm³/mol. The molecule has 0 fully saturated rings. The first kappa shape index (κ1) is 16.7. The number of amides is 1. The third kappa shape index (κ3) is 4.04. The van der Waals surface area contributed by atoms with E-state index in [1.165, 1.54) is 11.3 Å². The highest BCUT2D eigenvalue weighted by molar-refractivity contribution is 7.22. The number of rotatable bonds is 6. The molecule has 3 rings (SSSR count). The molecule has 0 saturated carbocycles. The van der Waals surface area contributed by atoms with Crippen molar-refractivity contribution in [2.24, 2.45) is 0 Å². The van der Waals surface area contributed by atoms with Gasteiger partial charge in [0, 0.05) is 10.6 Å². The number of anilines is 1. The lowest BCUT2D eigenvalue weighted by molar-refractivity contribution is 0.102. The van der Waals surface area contributed by atoms with Gasteiger partial charge in [0.2, 0.25) is 0 Å². The second-order valence-corrected chi connectivity index (χ2v) is 6.78. The van der Waals surface area contributed by atoms with Crippen LogP contribution in [0.2, 0.25) is 5.02 Å². The van der Waals surface area contributed by atoms with Crippen molar-refractivity contribution in [2.75, 3.05) is 11.9 Å². The van der Waals surface area contributed by atoms with Gasteiger partial charge in [-0.05, 0) is 42.8 Å². The smallest absolute Gasteiger partial charge is 0.257 e. The summed E-state index contributed by atoms with van der Waals surface area (Å²) in [6, 6.07) is 12.6. The molecule has 1 amide bonds. The number of benzene rings is 2. The van der Waals surface area contributed by atoms with Crippen molar-refractivity contribution < 1.29 is 9.53 Å². The molecular weight excluding hydrogens is 344 g/mol. The molecule has 0 radical (unpaired) electrons. The number of unbranched alkanes of at least 4 members (excludes halogenated alkanes) is 1. The molecular formula is C18H17ClN2O2S. The van der Waals surface area contributed by atoms with Gasteiger partial charge in [0.05, 0.1) is 16.8 Å². The Hall–Kier alpha value is -2.11. The minimum Gasteiger partial charge on any atom is -0.494 e. The van der Waals surface area contributed by atoms with Crippen LogP contribution in [-0.2, 0) is 0 Å². The van der Waals surface area contributed by atoms with Crippen molar-refractivity contribution >= 4 is 44.2 Å². The molecule has 0 saturated heterocycles. The number of thiazole rings is 1. The highest BCUT2D eigenvalue weighted by Crippen LogP contribution is 2.28. The average molecular weight is 361 g/mol. The van der Waals surface area contributed by atoms with Crippen molar-refractivity contribution in [2.45, 2.75) is 19.8 Å². The summed E-state index contributed by atoms with van der Waals surface area (Å²) in [5.41, 5.74) is 1.36. The molecule has 0 aliphatic carbocycles. The summed E-state index contributed by atoms with van der Waals surface area (Å²) in [5, 5.41) is 4.04. The van der Waals surface area contributed by atoms with E-state index in [4.69, 9.17) is 16.3 Å². The van der Waals surface area contributed by atoms with Crippen molar-refractivity contribution in [1.82, 2.24) is 4.98 Å². The van der Waals surface area contributed by atoms with Crippen LogP contribution in [-0.4, -0.2) is 17.5 Å². The van der Waals surface area contributed by atoms with E-state index in [2.05, 4.69) is 17.2 Å². The Morgan fingerprint density at radius 1 is 1.29 bits per heavy atom. The number of hydrogen-bond donors (Lipinski definition) is 1. The van der Waals surface area contributed by atoms with Crippen molar-refractivity contribution in [3.63, 3.8) is 0 Å². The van der Waals surface area contributed by atoms with Crippen molar-refractivity contribution in [3.05, 3.63) is 53.1 Å². The summed E-state index contributed by atoms with van der Waals surface area (Å²) < 4.78 is 6.58. The normalized spacial score (nSPS) is 10.8. The van der Waals surface area contributed by atoms with Crippen LogP contribution in [0.5, 0.6) is 5.75 Å². The number of hydrogen-bond acceptors (Lipinski definition) is 4. The maximum absolute atomic E-state index is 12.4. The third-order valence-corrected chi connectivity index (χ3v) is 4.60. The summed E-state index contributed by atoms with van der Waals surface area (Å²) in [4.78, 5) is 16.8. The van der Waals surface area contributed by atoms with Gasteiger partial charge in [0.25, 0.3) is 5.91 Å². The zero-order valence-corrected chi connectivity index (χ0v) is 14.8. The molecule has 2 aromatic carbocycles. The van der Waals surface area contributed by atoms with Gasteiger partial charge < -0.3 is 4.74 Å². The number of ether oxygens (including phenoxy) is 1. The minimum absolute atomic E-state index is 0.207. The first-order valence-corrected chi connectivity index (χ1v) is 8.95. The van der Waals surface area contributed by atoms with E-state index in [0.29, 0.717) is 28.1 Å². The van der Waals surface area contributed by atoms with Gasteiger partial charge in [-0.25, -0.2) is 4.98 Å². The zero-order valence-electron chi connectivity index (χ0n) is 13.2. The lowest BCUT2D eigenvalue weighted by Crippen LogP contribution is -2.11. The maximum Gasteiger partial charge on any atom is 0.257 e. The number of carbonyl (C=O) groups excluding carboxylic acids is 1. The number of carbonyl (C=O) groups is 1. The van der Waals surface area contributed by atoms with E-state index in [1.54, 1.807) is 18.2 Å².